The first kappa shape index (κ1) is 17.6. The van der Waals surface area contributed by atoms with Gasteiger partial charge in [-0.3, -0.25) is 9.20 Å². The Morgan fingerprint density at radius 3 is 2.60 bits per heavy atom. The Labute approximate surface area is 150 Å². The second-order valence-corrected chi connectivity index (χ2v) is 7.23. The molecule has 132 valence electrons. The molecule has 0 aliphatic heterocycles. The van der Waals surface area contributed by atoms with Gasteiger partial charge in [-0.05, 0) is 44.5 Å². The van der Waals surface area contributed by atoms with Crippen LogP contribution in [-0.2, 0) is 13.0 Å². The fraction of sp³-hybridized carbons (Fsp3) is 0.368. The maximum absolute atomic E-state index is 13.1. The molecule has 6 heteroatoms. The summed E-state index contributed by atoms with van der Waals surface area (Å²) in [6, 6.07) is 8.01. The largest absolute Gasteiger partial charge is 0.366 e. The summed E-state index contributed by atoms with van der Waals surface area (Å²) in [5, 5.41) is 0. The van der Waals surface area contributed by atoms with Gasteiger partial charge in [-0.2, -0.15) is 0 Å². The number of nitrogens with zero attached hydrogens (tertiary/aromatic N) is 3. The molecule has 25 heavy (non-hydrogen) atoms. The molecule has 0 atom stereocenters. The van der Waals surface area contributed by atoms with Gasteiger partial charge in [0.05, 0.1) is 12.2 Å². The Balaban J connectivity index is 1.96. The van der Waals surface area contributed by atoms with Crippen LogP contribution in [0.2, 0.25) is 0 Å². The van der Waals surface area contributed by atoms with E-state index in [1.807, 2.05) is 13.8 Å². The number of aromatic nitrogens is 2. The molecule has 0 aliphatic carbocycles. The lowest BCUT2D eigenvalue weighted by Gasteiger charge is -2.22. The summed E-state index contributed by atoms with van der Waals surface area (Å²) in [6.45, 7) is 7.45. The Kier molecular flexibility index (Phi) is 5.18. The molecule has 0 radical (unpaired) electrons. The van der Waals surface area contributed by atoms with Gasteiger partial charge in [-0.25, -0.2) is 9.37 Å². The minimum Gasteiger partial charge on any atom is -0.366 e. The van der Waals surface area contributed by atoms with E-state index in [2.05, 4.69) is 11.8 Å². The van der Waals surface area contributed by atoms with Crippen molar-refractivity contribution in [2.75, 3.05) is 11.4 Å². The van der Waals surface area contributed by atoms with E-state index in [4.69, 9.17) is 4.98 Å². The van der Waals surface area contributed by atoms with Crippen LogP contribution >= 0.6 is 11.3 Å². The first-order valence-electron chi connectivity index (χ1n) is 8.55. The lowest BCUT2D eigenvalue weighted by atomic mass is 10.2. The summed E-state index contributed by atoms with van der Waals surface area (Å²) < 4.78 is 14.9. The SMILES string of the molecule is CCCc1c(C)sc2nc(CN(CC)c3ccc(F)cc3)cc(=O)n12. The summed E-state index contributed by atoms with van der Waals surface area (Å²) in [6.07, 6.45) is 1.87. The van der Waals surface area contributed by atoms with Gasteiger partial charge in [-0.1, -0.05) is 13.3 Å². The van der Waals surface area contributed by atoms with E-state index >= 15 is 0 Å². The number of halogens is 1. The van der Waals surface area contributed by atoms with Gasteiger partial charge in [0, 0.05) is 28.9 Å². The van der Waals surface area contributed by atoms with Gasteiger partial charge in [0.1, 0.15) is 5.82 Å². The Morgan fingerprint density at radius 2 is 1.96 bits per heavy atom. The van der Waals surface area contributed by atoms with Crippen LogP contribution in [0.25, 0.3) is 4.96 Å². The Morgan fingerprint density at radius 1 is 1.24 bits per heavy atom. The van der Waals surface area contributed by atoms with Gasteiger partial charge in [0.25, 0.3) is 5.56 Å². The standard InChI is InChI=1S/C19H22FN3OS/c1-4-6-17-13(3)25-19-21-15(11-18(24)23(17)19)12-22(5-2)16-9-7-14(20)8-10-16/h7-11H,4-6,12H2,1-3H3. The molecule has 3 aromatic rings. The normalized spacial score (nSPS) is 11.2. The zero-order valence-electron chi connectivity index (χ0n) is 14.8. The van der Waals surface area contributed by atoms with E-state index in [1.54, 1.807) is 33.9 Å². The maximum Gasteiger partial charge on any atom is 0.259 e. The first-order valence-corrected chi connectivity index (χ1v) is 9.36. The van der Waals surface area contributed by atoms with E-state index < -0.39 is 0 Å². The Hall–Kier alpha value is -2.21. The summed E-state index contributed by atoms with van der Waals surface area (Å²) >= 11 is 1.56. The van der Waals surface area contributed by atoms with Gasteiger partial charge in [0.15, 0.2) is 4.96 Å². The number of hydrogen-bond donors (Lipinski definition) is 0. The fourth-order valence-corrected chi connectivity index (χ4v) is 4.05. The van der Waals surface area contributed by atoms with Crippen molar-refractivity contribution in [1.29, 1.82) is 0 Å². The molecule has 0 amide bonds. The number of hydrogen-bond acceptors (Lipinski definition) is 4. The lowest BCUT2D eigenvalue weighted by Crippen LogP contribution is -2.25. The van der Waals surface area contributed by atoms with Crippen molar-refractivity contribution in [2.45, 2.75) is 40.2 Å². The minimum absolute atomic E-state index is 0.0250. The van der Waals surface area contributed by atoms with Crippen LogP contribution in [0.4, 0.5) is 10.1 Å². The summed E-state index contributed by atoms with van der Waals surface area (Å²) in [4.78, 5) is 21.3. The molecular weight excluding hydrogens is 337 g/mol. The highest BCUT2D eigenvalue weighted by Gasteiger charge is 2.14. The number of anilines is 1. The first-order chi connectivity index (χ1) is 12.0. The topological polar surface area (TPSA) is 37.6 Å². The van der Waals surface area contributed by atoms with Crippen molar-refractivity contribution < 1.29 is 4.39 Å². The predicted molar refractivity (Wildman–Crippen MR) is 101 cm³/mol. The monoisotopic (exact) mass is 359 g/mol. The molecule has 0 spiro atoms. The van der Waals surface area contributed by atoms with E-state index in [1.165, 1.54) is 12.1 Å². The predicted octanol–water partition coefficient (Wildman–Crippen LogP) is 4.18. The molecule has 0 aliphatic rings. The second kappa shape index (κ2) is 7.35. The molecule has 4 nitrogen and oxygen atoms in total. The number of thiazole rings is 1. The third-order valence-corrected chi connectivity index (χ3v) is 5.27. The molecule has 2 heterocycles. The number of fused-ring (bicyclic) bond motifs is 1. The van der Waals surface area contributed by atoms with E-state index in [0.717, 1.165) is 46.3 Å². The van der Waals surface area contributed by atoms with Crippen LogP contribution in [0, 0.1) is 12.7 Å². The van der Waals surface area contributed by atoms with Crippen molar-refractivity contribution in [1.82, 2.24) is 9.38 Å². The van der Waals surface area contributed by atoms with Crippen LogP contribution in [0.15, 0.2) is 35.1 Å². The van der Waals surface area contributed by atoms with Gasteiger partial charge >= 0.3 is 0 Å². The third-order valence-electron chi connectivity index (χ3n) is 4.27. The van der Waals surface area contributed by atoms with Crippen LogP contribution in [0.1, 0.15) is 36.5 Å². The highest BCUT2D eigenvalue weighted by Crippen LogP contribution is 2.22. The van der Waals surface area contributed by atoms with Crippen LogP contribution in [0.3, 0.4) is 0 Å². The van der Waals surface area contributed by atoms with Crippen molar-refractivity contribution in [3.63, 3.8) is 0 Å². The molecule has 0 saturated heterocycles. The Bertz CT molecular complexity index is 930. The second-order valence-electron chi connectivity index (χ2n) is 6.05. The summed E-state index contributed by atoms with van der Waals surface area (Å²) in [5.41, 5.74) is 2.70. The van der Waals surface area contributed by atoms with Crippen LogP contribution in [-0.4, -0.2) is 15.9 Å². The summed E-state index contributed by atoms with van der Waals surface area (Å²) in [7, 11) is 0. The van der Waals surface area contributed by atoms with Crippen molar-refractivity contribution in [3.05, 3.63) is 62.8 Å². The van der Waals surface area contributed by atoms with Crippen molar-refractivity contribution >= 4 is 22.0 Å². The van der Waals surface area contributed by atoms with Crippen LogP contribution in [0.5, 0.6) is 0 Å². The molecular formula is C19H22FN3OS. The number of rotatable bonds is 6. The molecule has 2 aromatic heterocycles. The molecule has 0 unspecified atom stereocenters. The fourth-order valence-electron chi connectivity index (χ4n) is 3.02. The zero-order valence-corrected chi connectivity index (χ0v) is 15.6. The smallest absolute Gasteiger partial charge is 0.259 e. The van der Waals surface area contributed by atoms with Crippen molar-refractivity contribution in [3.8, 4) is 0 Å². The van der Waals surface area contributed by atoms with E-state index in [0.29, 0.717) is 6.54 Å². The maximum atomic E-state index is 13.1. The molecule has 0 fully saturated rings. The molecule has 0 bridgehead atoms. The average Bonchev–Trinajstić information content (AvgIpc) is 2.90. The third kappa shape index (κ3) is 3.58. The zero-order chi connectivity index (χ0) is 18.0. The number of benzene rings is 1. The van der Waals surface area contributed by atoms with E-state index in [-0.39, 0.29) is 11.4 Å². The van der Waals surface area contributed by atoms with Crippen LogP contribution < -0.4 is 10.5 Å². The number of aryl methyl sites for hydroxylation is 2. The molecule has 1 aromatic carbocycles. The van der Waals surface area contributed by atoms with Gasteiger partial charge in [0.2, 0.25) is 0 Å². The van der Waals surface area contributed by atoms with E-state index in [9.17, 15) is 9.18 Å². The molecule has 0 N–H and O–H groups in total. The average molecular weight is 359 g/mol. The quantitative estimate of drug-likeness (QED) is 0.662. The van der Waals surface area contributed by atoms with Gasteiger partial charge in [-0.15, -0.1) is 11.3 Å². The lowest BCUT2D eigenvalue weighted by molar-refractivity contribution is 0.627. The molecule has 0 saturated carbocycles. The highest BCUT2D eigenvalue weighted by molar-refractivity contribution is 7.17. The van der Waals surface area contributed by atoms with Gasteiger partial charge < -0.3 is 4.90 Å². The summed E-state index contributed by atoms with van der Waals surface area (Å²) in [5.74, 6) is -0.255. The minimum atomic E-state index is -0.255. The van der Waals surface area contributed by atoms with Crippen molar-refractivity contribution in [2.24, 2.45) is 0 Å². The highest BCUT2D eigenvalue weighted by atomic mass is 32.1. The molecule has 3 rings (SSSR count).